The Hall–Kier alpha value is -1.94. The van der Waals surface area contributed by atoms with E-state index in [1.54, 1.807) is 0 Å². The molecule has 142 valence electrons. The standard InChI is InChI=1S/C14H11Cl2F5N4O/c1-6-24-10(11(17)18)9(16)12(25-6)22-2-3-26-13-8(15)4-7(5-23-13)14(19,20)21/h4-5,11H,2-3H2,1H3,(H,22,24,25). The van der Waals surface area contributed by atoms with E-state index >= 15 is 0 Å². The Morgan fingerprint density at radius 1 is 1.23 bits per heavy atom. The summed E-state index contributed by atoms with van der Waals surface area (Å²) in [7, 11) is 0. The molecule has 0 atom stereocenters. The highest BCUT2D eigenvalue weighted by atomic mass is 35.5. The lowest BCUT2D eigenvalue weighted by Gasteiger charge is -2.12. The highest BCUT2D eigenvalue weighted by molar-refractivity contribution is 6.33. The third-order valence-corrected chi connectivity index (χ3v) is 3.61. The highest BCUT2D eigenvalue weighted by Gasteiger charge is 2.31. The van der Waals surface area contributed by atoms with Gasteiger partial charge in [-0.1, -0.05) is 23.2 Å². The number of aryl methyl sites for hydroxylation is 1. The van der Waals surface area contributed by atoms with Crippen molar-refractivity contribution in [3.05, 3.63) is 39.4 Å². The lowest BCUT2D eigenvalue weighted by Crippen LogP contribution is -2.15. The van der Waals surface area contributed by atoms with Gasteiger partial charge in [0, 0.05) is 6.20 Å². The maximum absolute atomic E-state index is 12.8. The molecule has 0 bridgehead atoms. The monoisotopic (exact) mass is 416 g/mol. The van der Waals surface area contributed by atoms with Crippen LogP contribution in [0.15, 0.2) is 12.3 Å². The summed E-state index contributed by atoms with van der Waals surface area (Å²) in [5.41, 5.74) is -1.61. The van der Waals surface area contributed by atoms with Crippen LogP contribution in [0.2, 0.25) is 10.0 Å². The summed E-state index contributed by atoms with van der Waals surface area (Å²) >= 11 is 11.5. The molecule has 0 aliphatic heterocycles. The molecule has 2 heterocycles. The molecule has 0 amide bonds. The summed E-state index contributed by atoms with van der Waals surface area (Å²) in [4.78, 5) is 11.0. The fourth-order valence-electron chi connectivity index (χ4n) is 1.85. The zero-order valence-corrected chi connectivity index (χ0v) is 14.6. The zero-order chi connectivity index (χ0) is 19.5. The summed E-state index contributed by atoms with van der Waals surface area (Å²) in [6, 6.07) is 0.691. The van der Waals surface area contributed by atoms with Crippen molar-refractivity contribution in [3.63, 3.8) is 0 Å². The SMILES string of the molecule is Cc1nc(NCCOc2ncc(C(F)(F)F)cc2Cl)c(Cl)c(C(F)F)n1. The van der Waals surface area contributed by atoms with E-state index < -0.39 is 23.9 Å². The number of hydrogen-bond acceptors (Lipinski definition) is 5. The molecule has 0 radical (unpaired) electrons. The molecule has 0 aromatic carbocycles. The van der Waals surface area contributed by atoms with E-state index in [2.05, 4.69) is 20.3 Å². The van der Waals surface area contributed by atoms with E-state index in [0.717, 1.165) is 0 Å². The Morgan fingerprint density at radius 2 is 1.92 bits per heavy atom. The summed E-state index contributed by atoms with van der Waals surface area (Å²) in [5, 5.41) is 2.05. The maximum atomic E-state index is 12.8. The van der Waals surface area contributed by atoms with Gasteiger partial charge in [0.15, 0.2) is 0 Å². The van der Waals surface area contributed by atoms with E-state index in [4.69, 9.17) is 27.9 Å². The van der Waals surface area contributed by atoms with Crippen LogP contribution in [0.3, 0.4) is 0 Å². The second-order valence-corrected chi connectivity index (χ2v) is 5.69. The molecule has 0 aliphatic carbocycles. The Morgan fingerprint density at radius 3 is 2.50 bits per heavy atom. The molecule has 2 aromatic heterocycles. The van der Waals surface area contributed by atoms with Crippen molar-refractivity contribution in [3.8, 4) is 5.88 Å². The van der Waals surface area contributed by atoms with Gasteiger partial charge in [0.05, 0.1) is 12.1 Å². The number of halogens is 7. The van der Waals surface area contributed by atoms with Crippen LogP contribution >= 0.6 is 23.2 Å². The van der Waals surface area contributed by atoms with Crippen molar-refractivity contribution in [1.82, 2.24) is 15.0 Å². The molecule has 2 rings (SSSR count). The van der Waals surface area contributed by atoms with Crippen molar-refractivity contribution < 1.29 is 26.7 Å². The molecule has 0 fully saturated rings. The van der Waals surface area contributed by atoms with Crippen LogP contribution in [0.5, 0.6) is 5.88 Å². The summed E-state index contributed by atoms with van der Waals surface area (Å²) in [5.74, 6) is -0.107. The first kappa shape index (κ1) is 20.4. The minimum Gasteiger partial charge on any atom is -0.475 e. The Kier molecular flexibility index (Phi) is 6.40. The molecule has 0 spiro atoms. The van der Waals surface area contributed by atoms with Crippen LogP contribution in [0.4, 0.5) is 27.8 Å². The molecule has 0 saturated carbocycles. The van der Waals surface area contributed by atoms with Crippen molar-refractivity contribution >= 4 is 29.0 Å². The molecule has 0 aliphatic rings. The van der Waals surface area contributed by atoms with E-state index in [9.17, 15) is 22.0 Å². The third kappa shape index (κ3) is 5.04. The Labute approximate surface area is 154 Å². The van der Waals surface area contributed by atoms with Gasteiger partial charge in [0.1, 0.15) is 34.0 Å². The molecule has 0 saturated heterocycles. The molecule has 1 N–H and O–H groups in total. The van der Waals surface area contributed by atoms with Crippen LogP contribution in [-0.4, -0.2) is 28.1 Å². The van der Waals surface area contributed by atoms with E-state index in [1.165, 1.54) is 6.92 Å². The molecular formula is C14H11Cl2F5N4O. The van der Waals surface area contributed by atoms with E-state index in [-0.39, 0.29) is 40.7 Å². The van der Waals surface area contributed by atoms with E-state index in [1.807, 2.05) is 0 Å². The molecule has 12 heteroatoms. The molecule has 2 aromatic rings. The van der Waals surface area contributed by atoms with Gasteiger partial charge in [-0.05, 0) is 13.0 Å². The molecule has 26 heavy (non-hydrogen) atoms. The summed E-state index contributed by atoms with van der Waals surface area (Å²) in [6.07, 6.45) is -6.84. The fourth-order valence-corrected chi connectivity index (χ4v) is 2.30. The minimum absolute atomic E-state index is 0.00968. The lowest BCUT2D eigenvalue weighted by molar-refractivity contribution is -0.137. The van der Waals surface area contributed by atoms with Crippen LogP contribution in [0, 0.1) is 6.92 Å². The van der Waals surface area contributed by atoms with Gasteiger partial charge in [-0.25, -0.2) is 23.7 Å². The molecular weight excluding hydrogens is 406 g/mol. The average molecular weight is 417 g/mol. The van der Waals surface area contributed by atoms with Crippen LogP contribution in [0.25, 0.3) is 0 Å². The third-order valence-electron chi connectivity index (χ3n) is 2.96. The van der Waals surface area contributed by atoms with Crippen molar-refractivity contribution in [2.45, 2.75) is 19.5 Å². The smallest absolute Gasteiger partial charge is 0.417 e. The van der Waals surface area contributed by atoms with Gasteiger partial charge in [-0.3, -0.25) is 0 Å². The second kappa shape index (κ2) is 8.17. The fraction of sp³-hybridized carbons (Fsp3) is 0.357. The number of nitrogens with one attached hydrogen (secondary N) is 1. The van der Waals surface area contributed by atoms with Crippen LogP contribution < -0.4 is 10.1 Å². The van der Waals surface area contributed by atoms with Gasteiger partial charge in [-0.2, -0.15) is 13.2 Å². The minimum atomic E-state index is -4.57. The zero-order valence-electron chi connectivity index (χ0n) is 13.0. The number of aromatic nitrogens is 3. The summed E-state index contributed by atoms with van der Waals surface area (Å²) in [6.45, 7) is 1.40. The number of ether oxygens (including phenoxy) is 1. The van der Waals surface area contributed by atoms with E-state index in [0.29, 0.717) is 12.3 Å². The Balaban J connectivity index is 1.98. The normalized spacial score (nSPS) is 11.7. The largest absolute Gasteiger partial charge is 0.475 e. The topological polar surface area (TPSA) is 59.9 Å². The van der Waals surface area contributed by atoms with Gasteiger partial charge in [-0.15, -0.1) is 0 Å². The van der Waals surface area contributed by atoms with Crippen molar-refractivity contribution in [2.24, 2.45) is 0 Å². The summed E-state index contributed by atoms with van der Waals surface area (Å²) < 4.78 is 68.4. The number of rotatable bonds is 6. The van der Waals surface area contributed by atoms with Gasteiger partial charge in [0.2, 0.25) is 5.88 Å². The quantitative estimate of drug-likeness (QED) is 0.534. The predicted molar refractivity (Wildman–Crippen MR) is 85.0 cm³/mol. The van der Waals surface area contributed by atoms with Crippen molar-refractivity contribution in [1.29, 1.82) is 0 Å². The maximum Gasteiger partial charge on any atom is 0.417 e. The first-order chi connectivity index (χ1) is 12.1. The van der Waals surface area contributed by atoms with Crippen LogP contribution in [-0.2, 0) is 6.18 Å². The second-order valence-electron chi connectivity index (χ2n) is 4.90. The van der Waals surface area contributed by atoms with Gasteiger partial charge < -0.3 is 10.1 Å². The van der Waals surface area contributed by atoms with Crippen LogP contribution in [0.1, 0.15) is 23.5 Å². The Bertz CT molecular complexity index is 789. The molecule has 0 unspecified atom stereocenters. The number of nitrogens with zero attached hydrogens (tertiary/aromatic N) is 3. The highest BCUT2D eigenvalue weighted by Crippen LogP contribution is 2.33. The predicted octanol–water partition coefficient (Wildman–Crippen LogP) is 4.93. The van der Waals surface area contributed by atoms with Gasteiger partial charge >= 0.3 is 6.18 Å². The first-order valence-electron chi connectivity index (χ1n) is 7.01. The first-order valence-corrected chi connectivity index (χ1v) is 7.76. The lowest BCUT2D eigenvalue weighted by atomic mass is 10.3. The number of hydrogen-bond donors (Lipinski definition) is 1. The number of alkyl halides is 5. The number of pyridine rings is 1. The number of anilines is 1. The van der Waals surface area contributed by atoms with Gasteiger partial charge in [0.25, 0.3) is 6.43 Å². The average Bonchev–Trinajstić information content (AvgIpc) is 2.54. The molecule has 5 nitrogen and oxygen atoms in total. The van der Waals surface area contributed by atoms with Crippen molar-refractivity contribution in [2.75, 3.05) is 18.5 Å².